The number of carboxylic acids is 1. The molecule has 0 radical (unpaired) electrons. The molecular weight excluding hydrogens is 281 g/mol. The molecule has 0 fully saturated rings. The van der Waals surface area contributed by atoms with E-state index in [0.717, 1.165) is 6.92 Å². The van der Waals surface area contributed by atoms with Gasteiger partial charge in [0, 0.05) is 24.0 Å². The van der Waals surface area contributed by atoms with Crippen LogP contribution in [0.1, 0.15) is 6.92 Å². The molecule has 0 aliphatic heterocycles. The quantitative estimate of drug-likeness (QED) is 0.655. The van der Waals surface area contributed by atoms with Gasteiger partial charge in [-0.2, -0.15) is 0 Å². The summed E-state index contributed by atoms with van der Waals surface area (Å²) in [6.45, 7) is 1.08. The Hall–Kier alpha value is 0.662. The number of rotatable bonds is 0. The molecule has 0 spiro atoms. The van der Waals surface area contributed by atoms with Crippen LogP contribution in [0.15, 0.2) is 0 Å². The molecule has 5 nitrogen and oxygen atoms in total. The number of aliphatic carboxylic acids is 1. The average molecular weight is 288 g/mol. The Kier molecular flexibility index (Phi) is 21.9. The maximum absolute atomic E-state index is 9.24. The summed E-state index contributed by atoms with van der Waals surface area (Å²) in [5.41, 5.74) is 0. The predicted molar refractivity (Wildman–Crippen MR) is 31.4 cm³/mol. The summed E-state index contributed by atoms with van der Waals surface area (Å²) in [5, 5.41) is 7.42. The van der Waals surface area contributed by atoms with Crippen LogP contribution in [-0.4, -0.2) is 11.1 Å². The molecule has 0 aromatic rings. The fraction of sp³-hybridized carbons (Fsp3) is 0.500. The van der Waals surface area contributed by atoms with Gasteiger partial charge in [-0.15, -0.1) is 0 Å². The van der Waals surface area contributed by atoms with Crippen molar-refractivity contribution in [2.45, 2.75) is 6.92 Å². The molecule has 0 aliphatic carbocycles. The molecule has 0 atom stereocenters. The molecule has 0 saturated carbocycles. The van der Waals surface area contributed by atoms with Crippen LogP contribution in [0.3, 0.4) is 0 Å². The number of halogens is 2. The normalized spacial score (nSPS) is 7.55. The van der Waals surface area contributed by atoms with Crippen LogP contribution in [0, 0.1) is 0 Å². The first-order valence-electron chi connectivity index (χ1n) is 1.57. The first-order chi connectivity index (χ1) is 3.73. The molecule has 0 rings (SSSR count). The predicted octanol–water partition coefficient (Wildman–Crippen LogP) is 1.39. The molecule has 0 unspecified atom stereocenters. The van der Waals surface area contributed by atoms with Crippen LogP contribution >= 0.6 is 20.1 Å². The van der Waals surface area contributed by atoms with Crippen LogP contribution in [0.2, 0.25) is 0 Å². The SMILES string of the molecule is CC(=O)O.N.[Fe].[O]=[Cr](=[O])([Cl])[Cl]. The molecule has 0 amide bonds. The molecule has 0 heterocycles. The van der Waals surface area contributed by atoms with Crippen LogP contribution in [0.5, 0.6) is 0 Å². The molecule has 0 aromatic carbocycles. The molecule has 72 valence electrons. The maximum atomic E-state index is 9.24. The van der Waals surface area contributed by atoms with Crippen LogP contribution < -0.4 is 6.15 Å². The van der Waals surface area contributed by atoms with Crippen molar-refractivity contribution in [1.82, 2.24) is 6.15 Å². The topological polar surface area (TPSA) is 106 Å². The fourth-order valence-corrected chi connectivity index (χ4v) is 0. The fourth-order valence-electron chi connectivity index (χ4n) is 0. The van der Waals surface area contributed by atoms with E-state index in [2.05, 4.69) is 20.1 Å². The first kappa shape index (κ1) is 22.6. The Morgan fingerprint density at radius 2 is 1.36 bits per heavy atom. The molecule has 0 aromatic heterocycles. The van der Waals surface area contributed by atoms with E-state index in [1.807, 2.05) is 0 Å². The van der Waals surface area contributed by atoms with Crippen molar-refractivity contribution in [3.63, 3.8) is 0 Å². The van der Waals surface area contributed by atoms with Gasteiger partial charge in [-0.25, -0.2) is 0 Å². The van der Waals surface area contributed by atoms with E-state index in [9.17, 15) is 7.61 Å². The Bertz CT molecular complexity index is 169. The zero-order valence-corrected chi connectivity index (χ0v) is 9.29. The van der Waals surface area contributed by atoms with E-state index in [4.69, 9.17) is 9.90 Å². The third-order valence-electron chi connectivity index (χ3n) is 0. The second kappa shape index (κ2) is 10.7. The molecule has 4 N–H and O–H groups in total. The second-order valence-electron chi connectivity index (χ2n) is 0.897. The Morgan fingerprint density at radius 3 is 1.36 bits per heavy atom. The van der Waals surface area contributed by atoms with Gasteiger partial charge in [0.1, 0.15) is 0 Å². The van der Waals surface area contributed by atoms with E-state index in [1.54, 1.807) is 0 Å². The zero-order valence-electron chi connectivity index (χ0n) is 5.40. The van der Waals surface area contributed by atoms with Gasteiger partial charge in [-0.3, -0.25) is 4.79 Å². The summed E-state index contributed by atoms with van der Waals surface area (Å²) in [5.74, 6) is -0.833. The first-order valence-corrected chi connectivity index (χ1v) is 6.12. The third kappa shape index (κ3) is 1830. The van der Waals surface area contributed by atoms with Gasteiger partial charge >= 0.3 is 38.8 Å². The summed E-state index contributed by atoms with van der Waals surface area (Å²) in [4.78, 5) is 9.00. The van der Waals surface area contributed by atoms with Crippen LogP contribution in [-0.2, 0) is 40.6 Å². The molecule has 0 bridgehead atoms. The summed E-state index contributed by atoms with van der Waals surface area (Å²) in [7, 11) is 8.68. The summed E-state index contributed by atoms with van der Waals surface area (Å²) in [6, 6.07) is 0. The minimum absolute atomic E-state index is 0. The van der Waals surface area contributed by atoms with Crippen LogP contribution in [0.25, 0.3) is 0 Å². The Balaban J connectivity index is -0.0000000383. The molecule has 0 aliphatic rings. The number of carbonyl (C=O) groups is 1. The summed E-state index contributed by atoms with van der Waals surface area (Å²) in [6.07, 6.45) is 0. The summed E-state index contributed by atoms with van der Waals surface area (Å²) < 4.78 is 18.5. The van der Waals surface area contributed by atoms with Crippen molar-refractivity contribution in [1.29, 1.82) is 0 Å². The van der Waals surface area contributed by atoms with E-state index in [-0.39, 0.29) is 23.2 Å². The van der Waals surface area contributed by atoms with Crippen molar-refractivity contribution < 1.29 is 45.7 Å². The molecule has 9 heteroatoms. The van der Waals surface area contributed by atoms with Crippen molar-refractivity contribution in [2.75, 3.05) is 0 Å². The van der Waals surface area contributed by atoms with Crippen molar-refractivity contribution >= 4 is 26.1 Å². The number of hydrogen-bond donors (Lipinski definition) is 2. The van der Waals surface area contributed by atoms with Crippen molar-refractivity contribution in [3.8, 4) is 0 Å². The van der Waals surface area contributed by atoms with Gasteiger partial charge in [0.25, 0.3) is 5.97 Å². The minimum atomic E-state index is -4.31. The van der Waals surface area contributed by atoms with E-state index in [0.29, 0.717) is 0 Å². The number of hydrogen-bond acceptors (Lipinski definition) is 4. The van der Waals surface area contributed by atoms with Gasteiger partial charge < -0.3 is 11.3 Å². The van der Waals surface area contributed by atoms with E-state index < -0.39 is 17.1 Å². The molecule has 11 heavy (non-hydrogen) atoms. The zero-order chi connectivity index (χ0) is 8.08. The Labute approximate surface area is 84.6 Å². The average Bonchev–Trinajstić information content (AvgIpc) is 1.19. The molecular formula is C2H7Cl2CrFeNO4. The van der Waals surface area contributed by atoms with Gasteiger partial charge in [0.2, 0.25) is 0 Å². The van der Waals surface area contributed by atoms with Crippen molar-refractivity contribution in [3.05, 3.63) is 0 Å². The van der Waals surface area contributed by atoms with Crippen LogP contribution in [0.4, 0.5) is 0 Å². The Morgan fingerprint density at radius 1 is 1.36 bits per heavy atom. The van der Waals surface area contributed by atoms with E-state index >= 15 is 0 Å². The second-order valence-corrected chi connectivity index (χ2v) is 6.08. The third-order valence-corrected chi connectivity index (χ3v) is 0. The summed E-state index contributed by atoms with van der Waals surface area (Å²) >= 11 is -4.31. The monoisotopic (exact) mass is 287 g/mol. The van der Waals surface area contributed by atoms with Crippen molar-refractivity contribution in [2.24, 2.45) is 0 Å². The van der Waals surface area contributed by atoms with Gasteiger partial charge in [0.15, 0.2) is 0 Å². The standard InChI is InChI=1S/C2H4O2.2ClH.Cr.Fe.H3N.2O/c1-2(3)4;;;;;;;/h1H3,(H,3,4);2*1H;;;1H3;;/q;;;+2;;;;/p-2. The molecule has 0 saturated heterocycles. The number of carboxylic acid groups (broad SMARTS) is 1. The van der Waals surface area contributed by atoms with Gasteiger partial charge in [0.05, 0.1) is 0 Å². The van der Waals surface area contributed by atoms with Gasteiger partial charge in [-0.05, 0) is 0 Å². The van der Waals surface area contributed by atoms with Gasteiger partial charge in [-0.1, -0.05) is 0 Å². The van der Waals surface area contributed by atoms with E-state index in [1.165, 1.54) is 0 Å².